The summed E-state index contributed by atoms with van der Waals surface area (Å²) < 4.78 is 0. The number of nitrogens with zero attached hydrogens (tertiary/aromatic N) is 4. The Morgan fingerprint density at radius 2 is 1.32 bits per heavy atom. The molecule has 128 valence electrons. The van der Waals surface area contributed by atoms with Crippen LogP contribution in [0.4, 0.5) is 11.9 Å². The summed E-state index contributed by atoms with van der Waals surface area (Å²) in [6, 6.07) is 4.16. The minimum atomic E-state index is -0.0369. The number of nitrogens with one attached hydrogen (secondary N) is 1. The highest BCUT2D eigenvalue weighted by Gasteiger charge is 2.14. The molecule has 0 saturated heterocycles. The van der Waals surface area contributed by atoms with E-state index in [-0.39, 0.29) is 5.78 Å². The van der Waals surface area contributed by atoms with Crippen molar-refractivity contribution in [1.29, 1.82) is 0 Å². The normalized spacial score (nSPS) is 11.0. The van der Waals surface area contributed by atoms with Crippen molar-refractivity contribution in [1.82, 2.24) is 19.9 Å². The van der Waals surface area contributed by atoms with Crippen molar-refractivity contribution in [2.45, 2.75) is 41.5 Å². The van der Waals surface area contributed by atoms with Crippen LogP contribution in [-0.4, -0.2) is 25.7 Å². The highest BCUT2D eigenvalue weighted by molar-refractivity contribution is 5.96. The molecule has 0 aliphatic carbocycles. The smallest absolute Gasteiger partial charge is 0.230 e. The summed E-state index contributed by atoms with van der Waals surface area (Å²) in [5.74, 6) is 0.801. The SMILES string of the molecule is CC(=O)c1c(C)nc(Nc2nc(C)c3cc(C)c(C)cc3n2)nc1C. The lowest BCUT2D eigenvalue weighted by Gasteiger charge is -2.11. The first kappa shape index (κ1) is 17.0. The van der Waals surface area contributed by atoms with E-state index < -0.39 is 0 Å². The van der Waals surface area contributed by atoms with Gasteiger partial charge in [-0.15, -0.1) is 0 Å². The number of benzene rings is 1. The molecule has 0 fully saturated rings. The first-order chi connectivity index (χ1) is 11.8. The summed E-state index contributed by atoms with van der Waals surface area (Å²) in [7, 11) is 0. The van der Waals surface area contributed by atoms with Crippen LogP contribution in [0.1, 0.15) is 45.5 Å². The summed E-state index contributed by atoms with van der Waals surface area (Å²) >= 11 is 0. The van der Waals surface area contributed by atoms with Gasteiger partial charge in [-0.25, -0.2) is 19.9 Å². The number of hydrogen-bond acceptors (Lipinski definition) is 6. The lowest BCUT2D eigenvalue weighted by molar-refractivity contribution is 0.101. The molecule has 0 bridgehead atoms. The molecule has 3 rings (SSSR count). The molecule has 25 heavy (non-hydrogen) atoms. The van der Waals surface area contributed by atoms with Gasteiger partial charge in [-0.05, 0) is 64.8 Å². The topological polar surface area (TPSA) is 80.7 Å². The van der Waals surface area contributed by atoms with Crippen LogP contribution in [0.3, 0.4) is 0 Å². The van der Waals surface area contributed by atoms with Gasteiger partial charge in [0.2, 0.25) is 11.9 Å². The Balaban J connectivity index is 2.04. The number of aromatic nitrogens is 4. The molecule has 3 aromatic rings. The monoisotopic (exact) mass is 335 g/mol. The van der Waals surface area contributed by atoms with Crippen LogP contribution in [-0.2, 0) is 0 Å². The van der Waals surface area contributed by atoms with Crippen LogP contribution >= 0.6 is 0 Å². The Morgan fingerprint density at radius 3 is 1.92 bits per heavy atom. The maximum atomic E-state index is 11.7. The van der Waals surface area contributed by atoms with Gasteiger partial charge in [-0.1, -0.05) is 0 Å². The second-order valence-electron chi connectivity index (χ2n) is 6.36. The fourth-order valence-corrected chi connectivity index (χ4v) is 2.98. The van der Waals surface area contributed by atoms with Crippen LogP contribution in [0, 0.1) is 34.6 Å². The molecule has 1 aromatic carbocycles. The molecule has 0 amide bonds. The molecule has 6 nitrogen and oxygen atoms in total. The van der Waals surface area contributed by atoms with E-state index >= 15 is 0 Å². The van der Waals surface area contributed by atoms with E-state index in [1.165, 1.54) is 18.1 Å². The van der Waals surface area contributed by atoms with Crippen molar-refractivity contribution in [3.8, 4) is 0 Å². The zero-order valence-electron chi connectivity index (χ0n) is 15.4. The molecular formula is C19H21N5O. The number of hydrogen-bond donors (Lipinski definition) is 1. The Labute approximate surface area is 146 Å². The highest BCUT2D eigenvalue weighted by Crippen LogP contribution is 2.23. The predicted molar refractivity (Wildman–Crippen MR) is 98.5 cm³/mol. The minimum Gasteiger partial charge on any atom is -0.294 e. The van der Waals surface area contributed by atoms with E-state index in [4.69, 9.17) is 0 Å². The van der Waals surface area contributed by atoms with E-state index in [1.54, 1.807) is 13.8 Å². The Hall–Kier alpha value is -2.89. The molecule has 0 radical (unpaired) electrons. The molecule has 0 aliphatic rings. The fourth-order valence-electron chi connectivity index (χ4n) is 2.98. The molecule has 0 spiro atoms. The second-order valence-corrected chi connectivity index (χ2v) is 6.36. The first-order valence-electron chi connectivity index (χ1n) is 8.15. The van der Waals surface area contributed by atoms with Crippen LogP contribution < -0.4 is 5.32 Å². The van der Waals surface area contributed by atoms with E-state index in [2.05, 4.69) is 51.2 Å². The summed E-state index contributed by atoms with van der Waals surface area (Å²) in [6.45, 7) is 11.2. The standard InChI is InChI=1S/C19H21N5O/c1-9-7-15-11(3)20-19(23-16(15)8-10(9)2)24-18-21-12(4)17(14(6)25)13(5)22-18/h7-8H,1-6H3,(H,20,21,22,23,24). The van der Waals surface area contributed by atoms with Gasteiger partial charge in [0.1, 0.15) is 0 Å². The van der Waals surface area contributed by atoms with Gasteiger partial charge in [0, 0.05) is 5.39 Å². The first-order valence-corrected chi connectivity index (χ1v) is 8.15. The van der Waals surface area contributed by atoms with Crippen LogP contribution in [0.15, 0.2) is 12.1 Å². The number of rotatable bonds is 3. The van der Waals surface area contributed by atoms with Gasteiger partial charge in [0.25, 0.3) is 0 Å². The van der Waals surface area contributed by atoms with Gasteiger partial charge >= 0.3 is 0 Å². The molecular weight excluding hydrogens is 314 g/mol. The highest BCUT2D eigenvalue weighted by atomic mass is 16.1. The third-order valence-corrected chi connectivity index (χ3v) is 4.35. The third-order valence-electron chi connectivity index (χ3n) is 4.35. The lowest BCUT2D eigenvalue weighted by Crippen LogP contribution is -2.09. The molecule has 0 saturated carbocycles. The summed E-state index contributed by atoms with van der Waals surface area (Å²) in [5.41, 5.74) is 6.03. The summed E-state index contributed by atoms with van der Waals surface area (Å²) in [5, 5.41) is 4.10. The van der Waals surface area contributed by atoms with Crippen molar-refractivity contribution in [3.05, 3.63) is 45.9 Å². The molecule has 0 aliphatic heterocycles. The molecule has 6 heteroatoms. The predicted octanol–water partition coefficient (Wildman–Crippen LogP) is 3.91. The Morgan fingerprint density at radius 1 is 0.800 bits per heavy atom. The van der Waals surface area contributed by atoms with Crippen molar-refractivity contribution in [3.63, 3.8) is 0 Å². The maximum Gasteiger partial charge on any atom is 0.230 e. The van der Waals surface area contributed by atoms with Crippen LogP contribution in [0.5, 0.6) is 0 Å². The molecule has 0 atom stereocenters. The van der Waals surface area contributed by atoms with Gasteiger partial charge in [0.15, 0.2) is 5.78 Å². The van der Waals surface area contributed by atoms with E-state index in [9.17, 15) is 4.79 Å². The van der Waals surface area contributed by atoms with Crippen LogP contribution in [0.25, 0.3) is 10.9 Å². The average Bonchev–Trinajstić information content (AvgIpc) is 2.48. The number of anilines is 2. The van der Waals surface area contributed by atoms with Crippen molar-refractivity contribution >= 4 is 28.6 Å². The van der Waals surface area contributed by atoms with Gasteiger partial charge in [-0.2, -0.15) is 0 Å². The summed E-state index contributed by atoms with van der Waals surface area (Å²) in [6.07, 6.45) is 0. The van der Waals surface area contributed by atoms with E-state index in [0.717, 1.165) is 16.6 Å². The number of fused-ring (bicyclic) bond motifs is 1. The molecule has 2 aromatic heterocycles. The zero-order chi connectivity index (χ0) is 18.3. The number of aryl methyl sites for hydroxylation is 5. The Bertz CT molecular complexity index is 987. The van der Waals surface area contributed by atoms with E-state index in [1.807, 2.05) is 6.92 Å². The fraction of sp³-hybridized carbons (Fsp3) is 0.316. The van der Waals surface area contributed by atoms with Crippen molar-refractivity contribution in [2.24, 2.45) is 0 Å². The zero-order valence-corrected chi connectivity index (χ0v) is 15.4. The molecule has 0 unspecified atom stereocenters. The average molecular weight is 335 g/mol. The number of ketones is 1. The van der Waals surface area contributed by atoms with E-state index in [0.29, 0.717) is 28.8 Å². The Kier molecular flexibility index (Phi) is 4.20. The lowest BCUT2D eigenvalue weighted by atomic mass is 10.1. The number of carbonyl (C=O) groups excluding carboxylic acids is 1. The molecule has 2 heterocycles. The number of carbonyl (C=O) groups is 1. The second kappa shape index (κ2) is 6.20. The maximum absolute atomic E-state index is 11.7. The minimum absolute atomic E-state index is 0.0369. The van der Waals surface area contributed by atoms with Gasteiger partial charge in [-0.3, -0.25) is 10.1 Å². The van der Waals surface area contributed by atoms with Crippen LogP contribution in [0.2, 0.25) is 0 Å². The van der Waals surface area contributed by atoms with Crippen molar-refractivity contribution in [2.75, 3.05) is 5.32 Å². The number of Topliss-reactive ketones (excluding diaryl/α,β-unsaturated/α-hetero) is 1. The van der Waals surface area contributed by atoms with Gasteiger partial charge < -0.3 is 0 Å². The molecule has 1 N–H and O–H groups in total. The van der Waals surface area contributed by atoms with Gasteiger partial charge in [0.05, 0.1) is 28.2 Å². The summed E-state index contributed by atoms with van der Waals surface area (Å²) in [4.78, 5) is 29.5. The third kappa shape index (κ3) is 3.20. The largest absolute Gasteiger partial charge is 0.294 e. The van der Waals surface area contributed by atoms with Crippen molar-refractivity contribution < 1.29 is 4.79 Å². The quantitative estimate of drug-likeness (QED) is 0.731.